The number of aryl methyl sites for hydroxylation is 1. The average Bonchev–Trinajstić information content (AvgIpc) is 2.80. The molecule has 1 atom stereocenters. The summed E-state index contributed by atoms with van der Waals surface area (Å²) in [5, 5.41) is 7.57. The van der Waals surface area contributed by atoms with Crippen molar-refractivity contribution in [1.29, 1.82) is 0 Å². The second-order valence-electron chi connectivity index (χ2n) is 4.14. The van der Waals surface area contributed by atoms with Crippen LogP contribution in [0.5, 0.6) is 5.75 Å². The molecule has 1 aliphatic heterocycles. The van der Waals surface area contributed by atoms with Crippen molar-refractivity contribution in [2.24, 2.45) is 0 Å². The van der Waals surface area contributed by atoms with Crippen molar-refractivity contribution in [3.05, 3.63) is 29.3 Å². The molecule has 0 fully saturated rings. The second-order valence-corrected chi connectivity index (χ2v) is 4.14. The van der Waals surface area contributed by atoms with E-state index in [0.29, 0.717) is 6.42 Å². The fourth-order valence-corrected chi connectivity index (χ4v) is 1.68. The Labute approximate surface area is 124 Å². The van der Waals surface area contributed by atoms with E-state index >= 15 is 0 Å². The van der Waals surface area contributed by atoms with E-state index in [1.165, 1.54) is 5.56 Å². The van der Waals surface area contributed by atoms with E-state index in [0.717, 1.165) is 17.6 Å². The SMILES string of the molecule is CC.CC.CCO.Cc1ccc2c(c1)CC(C)(C=O)O2. The summed E-state index contributed by atoms with van der Waals surface area (Å²) in [7, 11) is 0. The molecule has 1 heterocycles. The summed E-state index contributed by atoms with van der Waals surface area (Å²) in [6.07, 6.45) is 1.57. The number of carbonyl (C=O) groups excluding carboxylic acids is 1. The molecular weight excluding hydrogens is 252 g/mol. The summed E-state index contributed by atoms with van der Waals surface area (Å²) >= 11 is 0. The highest BCUT2D eigenvalue weighted by atomic mass is 16.5. The lowest BCUT2D eigenvalue weighted by Crippen LogP contribution is -2.31. The Morgan fingerprint density at radius 1 is 1.30 bits per heavy atom. The van der Waals surface area contributed by atoms with Gasteiger partial charge in [-0.1, -0.05) is 45.4 Å². The Hall–Kier alpha value is -1.35. The maximum atomic E-state index is 10.8. The molecule has 1 aliphatic rings. The molecule has 3 nitrogen and oxygen atoms in total. The van der Waals surface area contributed by atoms with Crippen molar-refractivity contribution in [2.75, 3.05) is 6.61 Å². The van der Waals surface area contributed by atoms with Crippen LogP contribution in [-0.4, -0.2) is 23.6 Å². The van der Waals surface area contributed by atoms with Gasteiger partial charge in [0, 0.05) is 13.0 Å². The minimum absolute atomic E-state index is 0.250. The highest BCUT2D eigenvalue weighted by Crippen LogP contribution is 2.34. The van der Waals surface area contributed by atoms with Crippen LogP contribution in [0.4, 0.5) is 0 Å². The molecular formula is C17H30O3. The molecule has 1 N–H and O–H groups in total. The number of hydrogen-bond acceptors (Lipinski definition) is 3. The standard InChI is InChI=1S/C11H12O2.C2H6O.2C2H6/c1-8-3-4-10-9(5-8)6-11(2,7-12)13-10;1-2-3;2*1-2/h3-5,7H,6H2,1-2H3;3H,2H2,1H3;2*1-2H3. The Morgan fingerprint density at radius 3 is 2.25 bits per heavy atom. The number of fused-ring (bicyclic) bond motifs is 1. The quantitative estimate of drug-likeness (QED) is 0.794. The Balaban J connectivity index is 0. The van der Waals surface area contributed by atoms with Gasteiger partial charge in [-0.3, -0.25) is 4.79 Å². The molecule has 1 aromatic carbocycles. The molecule has 20 heavy (non-hydrogen) atoms. The fourth-order valence-electron chi connectivity index (χ4n) is 1.68. The first-order valence-corrected chi connectivity index (χ1v) is 7.40. The molecule has 0 saturated heterocycles. The summed E-state index contributed by atoms with van der Waals surface area (Å²) in [4.78, 5) is 10.8. The minimum Gasteiger partial charge on any atom is -0.479 e. The van der Waals surface area contributed by atoms with Gasteiger partial charge < -0.3 is 9.84 Å². The van der Waals surface area contributed by atoms with Gasteiger partial charge in [-0.25, -0.2) is 0 Å². The van der Waals surface area contributed by atoms with Crippen LogP contribution in [0.2, 0.25) is 0 Å². The molecule has 1 aromatic rings. The van der Waals surface area contributed by atoms with Crippen molar-refractivity contribution < 1.29 is 14.6 Å². The number of aldehydes is 1. The van der Waals surface area contributed by atoms with E-state index in [4.69, 9.17) is 9.84 Å². The van der Waals surface area contributed by atoms with Gasteiger partial charge in [0.2, 0.25) is 0 Å². The number of aliphatic hydroxyl groups is 1. The lowest BCUT2D eigenvalue weighted by Gasteiger charge is -2.14. The molecule has 0 amide bonds. The third-order valence-electron chi connectivity index (χ3n) is 2.35. The van der Waals surface area contributed by atoms with Gasteiger partial charge >= 0.3 is 0 Å². The monoisotopic (exact) mass is 282 g/mol. The Kier molecular flexibility index (Phi) is 12.0. The van der Waals surface area contributed by atoms with Gasteiger partial charge in [0.15, 0.2) is 11.9 Å². The maximum Gasteiger partial charge on any atom is 0.165 e. The van der Waals surface area contributed by atoms with Gasteiger partial charge in [0.25, 0.3) is 0 Å². The topological polar surface area (TPSA) is 46.5 Å². The largest absolute Gasteiger partial charge is 0.479 e. The molecule has 0 aliphatic carbocycles. The zero-order chi connectivity index (χ0) is 16.2. The van der Waals surface area contributed by atoms with Crippen LogP contribution in [0.15, 0.2) is 18.2 Å². The zero-order valence-electron chi connectivity index (χ0n) is 14.0. The van der Waals surface area contributed by atoms with Crippen LogP contribution in [0, 0.1) is 6.92 Å². The molecule has 0 bridgehead atoms. The predicted octanol–water partition coefficient (Wildman–Crippen LogP) is 3.94. The summed E-state index contributed by atoms with van der Waals surface area (Å²) < 4.78 is 5.53. The van der Waals surface area contributed by atoms with Crippen LogP contribution in [0.1, 0.15) is 52.7 Å². The van der Waals surface area contributed by atoms with Gasteiger partial charge in [-0.2, -0.15) is 0 Å². The number of hydrogen-bond donors (Lipinski definition) is 1. The van der Waals surface area contributed by atoms with Gasteiger partial charge in [0.05, 0.1) is 0 Å². The Bertz CT molecular complexity index is 374. The average molecular weight is 282 g/mol. The van der Waals surface area contributed by atoms with Crippen LogP contribution in [0.3, 0.4) is 0 Å². The summed E-state index contributed by atoms with van der Waals surface area (Å²) in [6, 6.07) is 6.00. The first-order chi connectivity index (χ1) is 9.54. The number of rotatable bonds is 1. The first kappa shape index (κ1) is 21.0. The van der Waals surface area contributed by atoms with Gasteiger partial charge in [-0.05, 0) is 32.4 Å². The smallest absolute Gasteiger partial charge is 0.165 e. The maximum absolute atomic E-state index is 10.8. The van der Waals surface area contributed by atoms with Crippen molar-refractivity contribution in [3.63, 3.8) is 0 Å². The van der Waals surface area contributed by atoms with Crippen LogP contribution in [-0.2, 0) is 11.2 Å². The fraction of sp³-hybridized carbons (Fsp3) is 0.588. The molecule has 116 valence electrons. The first-order valence-electron chi connectivity index (χ1n) is 7.40. The van der Waals surface area contributed by atoms with E-state index in [9.17, 15) is 4.79 Å². The zero-order valence-corrected chi connectivity index (χ0v) is 14.0. The molecule has 2 rings (SSSR count). The number of carbonyl (C=O) groups is 1. The Morgan fingerprint density at radius 2 is 1.80 bits per heavy atom. The highest BCUT2D eigenvalue weighted by Gasteiger charge is 2.34. The molecule has 3 heteroatoms. The molecule has 0 saturated carbocycles. The second kappa shape index (κ2) is 11.5. The normalized spacial score (nSPS) is 17.8. The lowest BCUT2D eigenvalue weighted by molar-refractivity contribution is -0.118. The van der Waals surface area contributed by atoms with Gasteiger partial charge in [0.1, 0.15) is 5.75 Å². The highest BCUT2D eigenvalue weighted by molar-refractivity contribution is 5.66. The minimum atomic E-state index is -0.643. The predicted molar refractivity (Wildman–Crippen MR) is 85.4 cm³/mol. The van der Waals surface area contributed by atoms with Crippen molar-refractivity contribution in [1.82, 2.24) is 0 Å². The summed E-state index contributed by atoms with van der Waals surface area (Å²) in [5.41, 5.74) is 1.70. The van der Waals surface area contributed by atoms with E-state index in [2.05, 4.69) is 6.07 Å². The van der Waals surface area contributed by atoms with E-state index < -0.39 is 5.60 Å². The summed E-state index contributed by atoms with van der Waals surface area (Å²) in [5.74, 6) is 0.847. The van der Waals surface area contributed by atoms with E-state index in [1.807, 2.05) is 53.7 Å². The van der Waals surface area contributed by atoms with Crippen LogP contribution < -0.4 is 4.74 Å². The number of benzene rings is 1. The third-order valence-corrected chi connectivity index (χ3v) is 2.35. The van der Waals surface area contributed by atoms with Crippen LogP contribution in [0.25, 0.3) is 0 Å². The van der Waals surface area contributed by atoms with Crippen molar-refractivity contribution in [2.45, 2.75) is 60.5 Å². The van der Waals surface area contributed by atoms with Crippen molar-refractivity contribution in [3.8, 4) is 5.75 Å². The molecule has 0 radical (unpaired) electrons. The number of ether oxygens (including phenoxy) is 1. The van der Waals surface area contributed by atoms with E-state index in [-0.39, 0.29) is 6.61 Å². The number of aliphatic hydroxyl groups excluding tert-OH is 1. The third kappa shape index (κ3) is 6.71. The van der Waals surface area contributed by atoms with E-state index in [1.54, 1.807) is 6.92 Å². The van der Waals surface area contributed by atoms with Crippen LogP contribution >= 0.6 is 0 Å². The van der Waals surface area contributed by atoms with Crippen molar-refractivity contribution >= 4 is 6.29 Å². The molecule has 0 spiro atoms. The van der Waals surface area contributed by atoms with Gasteiger partial charge in [-0.15, -0.1) is 0 Å². The summed E-state index contributed by atoms with van der Waals surface area (Å²) in [6.45, 7) is 13.8. The lowest BCUT2D eigenvalue weighted by atomic mass is 10.0. The molecule has 0 aromatic heterocycles. The molecule has 1 unspecified atom stereocenters.